The summed E-state index contributed by atoms with van der Waals surface area (Å²) in [5.41, 5.74) is 8.57. The Hall–Kier alpha value is -1.02. The van der Waals surface area contributed by atoms with Crippen molar-refractivity contribution < 1.29 is 4.74 Å². The predicted molar refractivity (Wildman–Crippen MR) is 78.1 cm³/mol. The van der Waals surface area contributed by atoms with Crippen LogP contribution in [-0.2, 0) is 12.8 Å². The van der Waals surface area contributed by atoms with Crippen molar-refractivity contribution in [3.8, 4) is 5.75 Å². The molecule has 0 saturated carbocycles. The van der Waals surface area contributed by atoms with Crippen molar-refractivity contribution in [1.82, 2.24) is 0 Å². The van der Waals surface area contributed by atoms with E-state index in [1.165, 1.54) is 11.1 Å². The molecule has 0 bridgehead atoms. The maximum absolute atomic E-state index is 5.87. The number of nitrogens with two attached hydrogens (primary N) is 1. The van der Waals surface area contributed by atoms with Gasteiger partial charge >= 0.3 is 0 Å². The van der Waals surface area contributed by atoms with Gasteiger partial charge in [0.2, 0.25) is 0 Å². The summed E-state index contributed by atoms with van der Waals surface area (Å²) in [7, 11) is 0. The maximum Gasteiger partial charge on any atom is 0.122 e. The van der Waals surface area contributed by atoms with Crippen LogP contribution in [0, 0.1) is 5.92 Å². The summed E-state index contributed by atoms with van der Waals surface area (Å²) in [5.74, 6) is 1.63. The zero-order valence-corrected chi connectivity index (χ0v) is 12.2. The zero-order valence-electron chi connectivity index (χ0n) is 12.2. The van der Waals surface area contributed by atoms with Crippen molar-refractivity contribution in [2.45, 2.75) is 53.0 Å². The highest BCUT2D eigenvalue weighted by molar-refractivity contribution is 5.37. The topological polar surface area (TPSA) is 35.2 Å². The fraction of sp³-hybridized carbons (Fsp3) is 0.625. The highest BCUT2D eigenvalue weighted by Crippen LogP contribution is 2.25. The van der Waals surface area contributed by atoms with Crippen LogP contribution in [-0.4, -0.2) is 12.6 Å². The van der Waals surface area contributed by atoms with E-state index in [0.717, 1.165) is 31.6 Å². The molecule has 0 fully saturated rings. The van der Waals surface area contributed by atoms with Crippen molar-refractivity contribution in [2.24, 2.45) is 11.7 Å². The summed E-state index contributed by atoms with van der Waals surface area (Å²) >= 11 is 0. The third kappa shape index (κ3) is 4.69. The first-order valence-corrected chi connectivity index (χ1v) is 7.06. The van der Waals surface area contributed by atoms with Crippen LogP contribution in [0.4, 0.5) is 0 Å². The van der Waals surface area contributed by atoms with Gasteiger partial charge in [-0.3, -0.25) is 0 Å². The lowest BCUT2D eigenvalue weighted by Crippen LogP contribution is -2.19. The van der Waals surface area contributed by atoms with Gasteiger partial charge in [0.25, 0.3) is 0 Å². The van der Waals surface area contributed by atoms with Crippen molar-refractivity contribution in [1.29, 1.82) is 0 Å². The van der Waals surface area contributed by atoms with E-state index in [-0.39, 0.29) is 6.04 Å². The third-order valence-corrected chi connectivity index (χ3v) is 3.18. The largest absolute Gasteiger partial charge is 0.494 e. The molecule has 0 amide bonds. The summed E-state index contributed by atoms with van der Waals surface area (Å²) in [6.45, 7) is 9.27. The predicted octanol–water partition coefficient (Wildman–Crippen LogP) is 3.56. The zero-order chi connectivity index (χ0) is 13.5. The molecule has 1 aromatic carbocycles. The molecule has 2 atom stereocenters. The van der Waals surface area contributed by atoms with Crippen LogP contribution in [0.1, 0.15) is 45.2 Å². The minimum atomic E-state index is 0.268. The van der Waals surface area contributed by atoms with Crippen LogP contribution < -0.4 is 10.5 Å². The van der Waals surface area contributed by atoms with Crippen LogP contribution in [0.3, 0.4) is 0 Å². The molecule has 102 valence electrons. The average molecular weight is 249 g/mol. The van der Waals surface area contributed by atoms with E-state index in [2.05, 4.69) is 39.0 Å². The van der Waals surface area contributed by atoms with Gasteiger partial charge in [-0.25, -0.2) is 0 Å². The molecular formula is C16H27NO. The van der Waals surface area contributed by atoms with Crippen LogP contribution in [0.15, 0.2) is 18.2 Å². The van der Waals surface area contributed by atoms with Crippen LogP contribution >= 0.6 is 0 Å². The fourth-order valence-corrected chi connectivity index (χ4v) is 2.40. The first-order chi connectivity index (χ1) is 8.56. The third-order valence-electron chi connectivity index (χ3n) is 3.18. The number of rotatable bonds is 7. The Bertz CT molecular complexity index is 360. The molecular weight excluding hydrogens is 222 g/mol. The fourth-order valence-electron chi connectivity index (χ4n) is 2.40. The Morgan fingerprint density at radius 1 is 1.22 bits per heavy atom. The highest BCUT2D eigenvalue weighted by Gasteiger charge is 2.11. The molecule has 0 aliphatic rings. The van der Waals surface area contributed by atoms with Gasteiger partial charge in [0.05, 0.1) is 6.61 Å². The Morgan fingerprint density at radius 3 is 2.50 bits per heavy atom. The Morgan fingerprint density at radius 2 is 1.94 bits per heavy atom. The number of aryl methyl sites for hydroxylation is 1. The van der Waals surface area contributed by atoms with E-state index >= 15 is 0 Å². The second-order valence-electron chi connectivity index (χ2n) is 5.25. The molecule has 1 rings (SSSR count). The van der Waals surface area contributed by atoms with Crippen LogP contribution in [0.2, 0.25) is 0 Å². The number of ether oxygens (including phenoxy) is 1. The van der Waals surface area contributed by atoms with Gasteiger partial charge in [-0.1, -0.05) is 26.0 Å². The molecule has 0 spiro atoms. The van der Waals surface area contributed by atoms with E-state index in [1.54, 1.807) is 0 Å². The molecule has 0 saturated heterocycles. The minimum Gasteiger partial charge on any atom is -0.494 e. The van der Waals surface area contributed by atoms with E-state index in [1.807, 2.05) is 6.92 Å². The lowest BCUT2D eigenvalue weighted by molar-refractivity contribution is 0.333. The second-order valence-corrected chi connectivity index (χ2v) is 5.25. The molecule has 0 heterocycles. The smallest absolute Gasteiger partial charge is 0.122 e. The molecule has 0 aliphatic carbocycles. The lowest BCUT2D eigenvalue weighted by atomic mass is 9.93. The second kappa shape index (κ2) is 7.42. The van der Waals surface area contributed by atoms with Gasteiger partial charge in [-0.15, -0.1) is 0 Å². The van der Waals surface area contributed by atoms with Gasteiger partial charge in [-0.2, -0.15) is 0 Å². The average Bonchev–Trinajstić information content (AvgIpc) is 2.30. The number of hydrogen-bond donors (Lipinski definition) is 1. The molecule has 18 heavy (non-hydrogen) atoms. The first kappa shape index (κ1) is 15.0. The van der Waals surface area contributed by atoms with Crippen molar-refractivity contribution in [3.63, 3.8) is 0 Å². The van der Waals surface area contributed by atoms with Gasteiger partial charge < -0.3 is 10.5 Å². The standard InChI is InChI=1S/C16H27NO/c1-5-14-7-8-16(18-6-2)15(11-14)10-12(3)9-13(4)17/h7-8,11-13H,5-6,9-10,17H2,1-4H3. The number of hydrogen-bond acceptors (Lipinski definition) is 2. The van der Waals surface area contributed by atoms with Gasteiger partial charge in [-0.05, 0) is 56.2 Å². The Kier molecular flexibility index (Phi) is 6.20. The highest BCUT2D eigenvalue weighted by atomic mass is 16.5. The van der Waals surface area contributed by atoms with Crippen molar-refractivity contribution in [3.05, 3.63) is 29.3 Å². The van der Waals surface area contributed by atoms with Crippen LogP contribution in [0.25, 0.3) is 0 Å². The molecule has 2 nitrogen and oxygen atoms in total. The van der Waals surface area contributed by atoms with E-state index in [0.29, 0.717) is 5.92 Å². The first-order valence-electron chi connectivity index (χ1n) is 7.06. The van der Waals surface area contributed by atoms with Crippen molar-refractivity contribution in [2.75, 3.05) is 6.61 Å². The summed E-state index contributed by atoms with van der Waals surface area (Å²) in [4.78, 5) is 0. The summed E-state index contributed by atoms with van der Waals surface area (Å²) in [6.07, 6.45) is 3.17. The minimum absolute atomic E-state index is 0.268. The lowest BCUT2D eigenvalue weighted by Gasteiger charge is -2.17. The molecule has 2 unspecified atom stereocenters. The Labute approximate surface area is 112 Å². The summed E-state index contributed by atoms with van der Waals surface area (Å²) in [5, 5.41) is 0. The number of benzene rings is 1. The molecule has 2 N–H and O–H groups in total. The van der Waals surface area contributed by atoms with Crippen LogP contribution in [0.5, 0.6) is 5.75 Å². The molecule has 0 aliphatic heterocycles. The SMILES string of the molecule is CCOc1ccc(CC)cc1CC(C)CC(C)N. The molecule has 1 aromatic rings. The summed E-state index contributed by atoms with van der Waals surface area (Å²) in [6, 6.07) is 6.81. The van der Waals surface area contributed by atoms with E-state index in [9.17, 15) is 0 Å². The normalized spacial score (nSPS) is 14.3. The summed E-state index contributed by atoms with van der Waals surface area (Å²) < 4.78 is 5.71. The van der Waals surface area contributed by atoms with E-state index in [4.69, 9.17) is 10.5 Å². The maximum atomic E-state index is 5.87. The van der Waals surface area contributed by atoms with E-state index < -0.39 is 0 Å². The van der Waals surface area contributed by atoms with Gasteiger partial charge in [0.1, 0.15) is 5.75 Å². The molecule has 0 aromatic heterocycles. The monoisotopic (exact) mass is 249 g/mol. The molecule has 2 heteroatoms. The van der Waals surface area contributed by atoms with Crippen molar-refractivity contribution >= 4 is 0 Å². The quantitative estimate of drug-likeness (QED) is 0.802. The van der Waals surface area contributed by atoms with Gasteiger partial charge in [0.15, 0.2) is 0 Å². The van der Waals surface area contributed by atoms with Gasteiger partial charge in [0, 0.05) is 6.04 Å². The Balaban J connectivity index is 2.82. The molecule has 0 radical (unpaired) electrons.